The Labute approximate surface area is 82.4 Å². The summed E-state index contributed by atoms with van der Waals surface area (Å²) in [6.07, 6.45) is 5.00. The quantitative estimate of drug-likeness (QED) is 0.693. The van der Waals surface area contributed by atoms with Gasteiger partial charge in [-0.15, -0.1) is 0 Å². The Morgan fingerprint density at radius 3 is 3.07 bits per heavy atom. The van der Waals surface area contributed by atoms with Crippen molar-refractivity contribution < 1.29 is 4.79 Å². The second kappa shape index (κ2) is 3.62. The highest BCUT2D eigenvalue weighted by Crippen LogP contribution is 2.08. The minimum Gasteiger partial charge on any atom is -0.294 e. The molecule has 0 unspecified atom stereocenters. The normalized spacial score (nSPS) is 10.6. The molecule has 0 aliphatic rings. The molecule has 72 valence electrons. The first kappa shape index (κ1) is 8.94. The largest absolute Gasteiger partial charge is 0.294 e. The Bertz CT molecular complexity index is 459. The van der Waals surface area contributed by atoms with E-state index in [1.165, 1.54) is 0 Å². The molecule has 14 heavy (non-hydrogen) atoms. The number of Topliss-reactive ketones (excluding diaryl/α,β-unsaturated/α-hetero) is 1. The highest BCUT2D eigenvalue weighted by atomic mass is 16.1. The molecule has 3 heteroatoms. The number of ketones is 1. The van der Waals surface area contributed by atoms with Crippen LogP contribution in [0.5, 0.6) is 0 Å². The molecule has 0 radical (unpaired) electrons. The summed E-state index contributed by atoms with van der Waals surface area (Å²) in [5.41, 5.74) is 1.75. The number of aromatic nitrogens is 2. The topological polar surface area (TPSA) is 34.4 Å². The molecule has 0 atom stereocenters. The van der Waals surface area contributed by atoms with Crippen molar-refractivity contribution >= 4 is 11.3 Å². The average Bonchev–Trinajstić information content (AvgIpc) is 2.64. The van der Waals surface area contributed by atoms with Gasteiger partial charge in [0, 0.05) is 24.4 Å². The summed E-state index contributed by atoms with van der Waals surface area (Å²) in [7, 11) is 0. The predicted octanol–water partition coefficient (Wildman–Crippen LogP) is 2.32. The summed E-state index contributed by atoms with van der Waals surface area (Å²) in [6, 6.07) is 5.68. The van der Waals surface area contributed by atoms with E-state index < -0.39 is 0 Å². The van der Waals surface area contributed by atoms with Crippen molar-refractivity contribution in [1.29, 1.82) is 0 Å². The summed E-state index contributed by atoms with van der Waals surface area (Å²) in [5, 5.41) is 4.09. The van der Waals surface area contributed by atoms with E-state index in [2.05, 4.69) is 5.10 Å². The smallest absolute Gasteiger partial charge is 0.164 e. The van der Waals surface area contributed by atoms with E-state index in [0.29, 0.717) is 6.42 Å². The van der Waals surface area contributed by atoms with Crippen LogP contribution in [0.25, 0.3) is 5.52 Å². The minimum atomic E-state index is 0.185. The van der Waals surface area contributed by atoms with E-state index in [0.717, 1.165) is 17.5 Å². The van der Waals surface area contributed by atoms with Crippen LogP contribution in [0.2, 0.25) is 0 Å². The number of carbonyl (C=O) groups is 1. The lowest BCUT2D eigenvalue weighted by molar-refractivity contribution is 0.0981. The Morgan fingerprint density at radius 2 is 2.29 bits per heavy atom. The van der Waals surface area contributed by atoms with Crippen molar-refractivity contribution in [2.75, 3.05) is 0 Å². The lowest BCUT2D eigenvalue weighted by atomic mass is 10.1. The van der Waals surface area contributed by atoms with Gasteiger partial charge in [0.1, 0.15) is 0 Å². The third-order valence-corrected chi connectivity index (χ3v) is 2.19. The van der Waals surface area contributed by atoms with Crippen molar-refractivity contribution in [1.82, 2.24) is 9.61 Å². The molecule has 2 aromatic heterocycles. The Hall–Kier alpha value is -1.64. The average molecular weight is 188 g/mol. The van der Waals surface area contributed by atoms with E-state index in [1.54, 1.807) is 16.9 Å². The van der Waals surface area contributed by atoms with Crippen molar-refractivity contribution in [3.05, 3.63) is 36.2 Å². The van der Waals surface area contributed by atoms with E-state index in [1.807, 2.05) is 25.1 Å². The molecule has 2 aromatic rings. The van der Waals surface area contributed by atoms with Crippen LogP contribution in [0.4, 0.5) is 0 Å². The fourth-order valence-corrected chi connectivity index (χ4v) is 1.45. The van der Waals surface area contributed by atoms with Crippen LogP contribution < -0.4 is 0 Å². The maximum atomic E-state index is 11.6. The molecular weight excluding hydrogens is 176 g/mol. The van der Waals surface area contributed by atoms with E-state index in [9.17, 15) is 4.79 Å². The van der Waals surface area contributed by atoms with Gasteiger partial charge in [-0.3, -0.25) is 4.79 Å². The van der Waals surface area contributed by atoms with Gasteiger partial charge in [0.15, 0.2) is 5.78 Å². The van der Waals surface area contributed by atoms with Gasteiger partial charge in [-0.25, -0.2) is 4.52 Å². The standard InChI is InChI=1S/C11H12N2O/c1-2-3-11(14)9-4-5-10-6-7-12-13(10)8-9/h4-8H,2-3H2,1H3. The van der Waals surface area contributed by atoms with Gasteiger partial charge in [-0.05, 0) is 24.6 Å². The molecule has 0 aliphatic carbocycles. The second-order valence-electron chi connectivity index (χ2n) is 3.29. The molecule has 0 spiro atoms. The molecule has 0 fully saturated rings. The van der Waals surface area contributed by atoms with Gasteiger partial charge in [-0.2, -0.15) is 5.10 Å². The first-order valence-corrected chi connectivity index (χ1v) is 4.78. The number of nitrogens with zero attached hydrogens (tertiary/aromatic N) is 2. The summed E-state index contributed by atoms with van der Waals surface area (Å²) >= 11 is 0. The molecule has 0 aliphatic heterocycles. The molecule has 0 saturated carbocycles. The van der Waals surface area contributed by atoms with Crippen LogP contribution in [-0.4, -0.2) is 15.4 Å². The molecule has 2 heterocycles. The molecular formula is C11H12N2O. The Kier molecular flexibility index (Phi) is 2.31. The third kappa shape index (κ3) is 1.53. The van der Waals surface area contributed by atoms with Crippen molar-refractivity contribution in [2.45, 2.75) is 19.8 Å². The first-order valence-electron chi connectivity index (χ1n) is 4.78. The molecule has 3 nitrogen and oxygen atoms in total. The van der Waals surface area contributed by atoms with Crippen LogP contribution in [0.3, 0.4) is 0 Å². The van der Waals surface area contributed by atoms with Gasteiger partial charge >= 0.3 is 0 Å². The van der Waals surface area contributed by atoms with E-state index >= 15 is 0 Å². The van der Waals surface area contributed by atoms with Crippen molar-refractivity contribution in [2.24, 2.45) is 0 Å². The Morgan fingerprint density at radius 1 is 1.43 bits per heavy atom. The predicted molar refractivity (Wildman–Crippen MR) is 54.4 cm³/mol. The van der Waals surface area contributed by atoms with Crippen LogP contribution in [0, 0.1) is 0 Å². The zero-order valence-corrected chi connectivity index (χ0v) is 8.10. The van der Waals surface area contributed by atoms with Gasteiger partial charge < -0.3 is 0 Å². The van der Waals surface area contributed by atoms with E-state index in [4.69, 9.17) is 0 Å². The zero-order valence-electron chi connectivity index (χ0n) is 8.10. The molecule has 0 aromatic carbocycles. The number of rotatable bonds is 3. The number of hydrogen-bond acceptors (Lipinski definition) is 2. The maximum absolute atomic E-state index is 11.6. The summed E-state index contributed by atoms with van der Waals surface area (Å²) in [6.45, 7) is 2.00. The highest BCUT2D eigenvalue weighted by molar-refractivity contribution is 5.96. The molecule has 0 N–H and O–H groups in total. The van der Waals surface area contributed by atoms with Crippen LogP contribution in [0.15, 0.2) is 30.6 Å². The zero-order chi connectivity index (χ0) is 9.97. The molecule has 0 amide bonds. The second-order valence-corrected chi connectivity index (χ2v) is 3.29. The van der Waals surface area contributed by atoms with Gasteiger partial charge in [0.05, 0.1) is 5.52 Å². The SMILES string of the molecule is CCCC(=O)c1ccc2ccnn2c1. The van der Waals surface area contributed by atoms with Gasteiger partial charge in [0.25, 0.3) is 0 Å². The van der Waals surface area contributed by atoms with Crippen LogP contribution in [0.1, 0.15) is 30.1 Å². The van der Waals surface area contributed by atoms with Crippen LogP contribution in [-0.2, 0) is 0 Å². The molecule has 2 rings (SSSR count). The van der Waals surface area contributed by atoms with E-state index in [-0.39, 0.29) is 5.78 Å². The fraction of sp³-hybridized carbons (Fsp3) is 0.273. The van der Waals surface area contributed by atoms with Crippen molar-refractivity contribution in [3.8, 4) is 0 Å². The Balaban J connectivity index is 2.38. The van der Waals surface area contributed by atoms with Crippen LogP contribution >= 0.6 is 0 Å². The number of carbonyl (C=O) groups excluding carboxylic acids is 1. The van der Waals surface area contributed by atoms with Gasteiger partial charge in [0.2, 0.25) is 0 Å². The minimum absolute atomic E-state index is 0.185. The molecule has 0 saturated heterocycles. The first-order chi connectivity index (χ1) is 6.81. The fourth-order valence-electron chi connectivity index (χ4n) is 1.45. The number of fused-ring (bicyclic) bond motifs is 1. The number of hydrogen-bond donors (Lipinski definition) is 0. The summed E-state index contributed by atoms with van der Waals surface area (Å²) in [5.74, 6) is 0.185. The van der Waals surface area contributed by atoms with Gasteiger partial charge in [-0.1, -0.05) is 6.92 Å². The lowest BCUT2D eigenvalue weighted by Gasteiger charge is -1.99. The highest BCUT2D eigenvalue weighted by Gasteiger charge is 2.05. The lowest BCUT2D eigenvalue weighted by Crippen LogP contribution is -2.00. The molecule has 0 bridgehead atoms. The third-order valence-electron chi connectivity index (χ3n) is 2.19. The summed E-state index contributed by atoms with van der Waals surface area (Å²) in [4.78, 5) is 11.6. The summed E-state index contributed by atoms with van der Waals surface area (Å²) < 4.78 is 1.73. The monoisotopic (exact) mass is 188 g/mol. The maximum Gasteiger partial charge on any atom is 0.164 e. The van der Waals surface area contributed by atoms with Crippen molar-refractivity contribution in [3.63, 3.8) is 0 Å². The number of pyridine rings is 1.